The van der Waals surface area contributed by atoms with E-state index in [1.807, 2.05) is 39.1 Å². The molecule has 2 aromatic carbocycles. The van der Waals surface area contributed by atoms with Gasteiger partial charge in [-0.1, -0.05) is 23.7 Å². The average molecular weight is 372 g/mol. The van der Waals surface area contributed by atoms with Gasteiger partial charge < -0.3 is 9.15 Å². The lowest BCUT2D eigenvalue weighted by Gasteiger charge is -2.18. The Morgan fingerprint density at radius 2 is 1.85 bits per heavy atom. The largest absolute Gasteiger partial charge is 0.492 e. The quantitative estimate of drug-likeness (QED) is 0.595. The average Bonchev–Trinajstić information content (AvgIpc) is 2.60. The van der Waals surface area contributed by atoms with E-state index in [1.54, 1.807) is 18.2 Å². The summed E-state index contributed by atoms with van der Waals surface area (Å²) in [6, 6.07) is 13.0. The van der Waals surface area contributed by atoms with E-state index in [0.29, 0.717) is 23.8 Å². The van der Waals surface area contributed by atoms with Gasteiger partial charge in [0.1, 0.15) is 17.9 Å². The molecule has 3 rings (SSSR count). The molecule has 0 spiro atoms. The third-order valence-electron chi connectivity index (χ3n) is 4.51. The van der Waals surface area contributed by atoms with Gasteiger partial charge >= 0.3 is 5.63 Å². The first-order chi connectivity index (χ1) is 12.4. The topological polar surface area (TPSA) is 42.7 Å². The number of halogens is 1. The van der Waals surface area contributed by atoms with E-state index in [2.05, 4.69) is 11.0 Å². The molecule has 0 aliphatic heterocycles. The first-order valence-corrected chi connectivity index (χ1v) is 8.91. The fourth-order valence-corrected chi connectivity index (χ4v) is 3.00. The van der Waals surface area contributed by atoms with Gasteiger partial charge in [-0.15, -0.1) is 0 Å². The molecule has 0 N–H and O–H groups in total. The van der Waals surface area contributed by atoms with Crippen LogP contribution in [0.2, 0.25) is 5.02 Å². The number of hydrogen-bond acceptors (Lipinski definition) is 4. The molecule has 0 atom stereocenters. The normalized spacial score (nSPS) is 11.3. The molecular weight excluding hydrogens is 350 g/mol. The zero-order chi connectivity index (χ0) is 18.7. The number of likely N-dealkylation sites (N-methyl/N-ethyl adjacent to an activating group) is 1. The SMILES string of the molecule is Cc1ccc2c(CN(C)CCOc3ccc(Cl)cc3)cc(=O)oc2c1C. The molecule has 0 saturated carbocycles. The van der Waals surface area contributed by atoms with Crippen LogP contribution in [-0.4, -0.2) is 25.1 Å². The Bertz CT molecular complexity index is 963. The number of rotatable bonds is 6. The van der Waals surface area contributed by atoms with E-state index in [-0.39, 0.29) is 5.63 Å². The summed E-state index contributed by atoms with van der Waals surface area (Å²) in [5, 5.41) is 1.67. The minimum atomic E-state index is -0.313. The Morgan fingerprint density at radius 3 is 2.58 bits per heavy atom. The molecule has 0 bridgehead atoms. The van der Waals surface area contributed by atoms with Crippen LogP contribution in [0, 0.1) is 13.8 Å². The molecule has 0 aliphatic rings. The van der Waals surface area contributed by atoms with Gasteiger partial charge in [0.25, 0.3) is 0 Å². The van der Waals surface area contributed by atoms with Crippen molar-refractivity contribution in [1.29, 1.82) is 0 Å². The molecule has 0 fully saturated rings. The molecule has 136 valence electrons. The van der Waals surface area contributed by atoms with Crippen molar-refractivity contribution in [3.05, 3.63) is 74.6 Å². The van der Waals surface area contributed by atoms with Crippen molar-refractivity contribution in [3.8, 4) is 5.75 Å². The van der Waals surface area contributed by atoms with E-state index < -0.39 is 0 Å². The van der Waals surface area contributed by atoms with Gasteiger partial charge in [0, 0.05) is 29.6 Å². The summed E-state index contributed by atoms with van der Waals surface area (Å²) in [5.41, 5.74) is 3.45. The minimum Gasteiger partial charge on any atom is -0.492 e. The summed E-state index contributed by atoms with van der Waals surface area (Å²) < 4.78 is 11.2. The predicted octanol–water partition coefficient (Wildman–Crippen LogP) is 4.57. The van der Waals surface area contributed by atoms with Crippen molar-refractivity contribution in [2.75, 3.05) is 20.2 Å². The van der Waals surface area contributed by atoms with Crippen LogP contribution in [0.4, 0.5) is 0 Å². The predicted molar refractivity (Wildman–Crippen MR) is 105 cm³/mol. The molecular formula is C21H22ClNO3. The van der Waals surface area contributed by atoms with Crippen molar-refractivity contribution >= 4 is 22.6 Å². The second kappa shape index (κ2) is 7.94. The van der Waals surface area contributed by atoms with Crippen molar-refractivity contribution in [2.24, 2.45) is 0 Å². The van der Waals surface area contributed by atoms with Crippen LogP contribution in [0.3, 0.4) is 0 Å². The first kappa shape index (κ1) is 18.5. The molecule has 3 aromatic rings. The molecule has 4 nitrogen and oxygen atoms in total. The van der Waals surface area contributed by atoms with Crippen LogP contribution < -0.4 is 10.4 Å². The second-order valence-electron chi connectivity index (χ2n) is 6.51. The third kappa shape index (κ3) is 4.26. The monoisotopic (exact) mass is 371 g/mol. The van der Waals surface area contributed by atoms with Gasteiger partial charge in [0.05, 0.1) is 0 Å². The number of aryl methyl sites for hydroxylation is 2. The lowest BCUT2D eigenvalue weighted by molar-refractivity contribution is 0.233. The maximum atomic E-state index is 12.0. The van der Waals surface area contributed by atoms with Crippen LogP contribution in [0.25, 0.3) is 11.0 Å². The van der Waals surface area contributed by atoms with Crippen molar-refractivity contribution < 1.29 is 9.15 Å². The van der Waals surface area contributed by atoms with Crippen LogP contribution in [0.1, 0.15) is 16.7 Å². The molecule has 1 heterocycles. The molecule has 0 amide bonds. The lowest BCUT2D eigenvalue weighted by atomic mass is 10.0. The Morgan fingerprint density at radius 1 is 1.12 bits per heavy atom. The highest BCUT2D eigenvalue weighted by atomic mass is 35.5. The lowest BCUT2D eigenvalue weighted by Crippen LogP contribution is -2.24. The van der Waals surface area contributed by atoms with Gasteiger partial charge in [-0.3, -0.25) is 4.90 Å². The highest BCUT2D eigenvalue weighted by Crippen LogP contribution is 2.24. The maximum absolute atomic E-state index is 12.0. The van der Waals surface area contributed by atoms with E-state index in [1.165, 1.54) is 0 Å². The fourth-order valence-electron chi connectivity index (χ4n) is 2.88. The van der Waals surface area contributed by atoms with Crippen molar-refractivity contribution in [2.45, 2.75) is 20.4 Å². The van der Waals surface area contributed by atoms with E-state index in [9.17, 15) is 4.79 Å². The summed E-state index contributed by atoms with van der Waals surface area (Å²) >= 11 is 5.87. The standard InChI is InChI=1S/C21H22ClNO3/c1-14-4-9-19-16(12-20(24)26-21(19)15(14)2)13-23(3)10-11-25-18-7-5-17(22)6-8-18/h4-9,12H,10-11,13H2,1-3H3. The van der Waals surface area contributed by atoms with Crippen LogP contribution in [0.15, 0.2) is 51.7 Å². The number of benzene rings is 2. The highest BCUT2D eigenvalue weighted by molar-refractivity contribution is 6.30. The molecule has 0 saturated heterocycles. The summed E-state index contributed by atoms with van der Waals surface area (Å²) in [6.07, 6.45) is 0. The van der Waals surface area contributed by atoms with Crippen LogP contribution >= 0.6 is 11.6 Å². The van der Waals surface area contributed by atoms with Crippen molar-refractivity contribution in [1.82, 2.24) is 4.90 Å². The molecule has 1 aromatic heterocycles. The molecule has 0 unspecified atom stereocenters. The summed E-state index contributed by atoms with van der Waals surface area (Å²) in [4.78, 5) is 14.1. The summed E-state index contributed by atoms with van der Waals surface area (Å²) in [5.74, 6) is 0.791. The second-order valence-corrected chi connectivity index (χ2v) is 6.95. The maximum Gasteiger partial charge on any atom is 0.336 e. The Balaban J connectivity index is 1.69. The van der Waals surface area contributed by atoms with Gasteiger partial charge in [-0.25, -0.2) is 4.79 Å². The zero-order valence-electron chi connectivity index (χ0n) is 15.2. The minimum absolute atomic E-state index is 0.313. The molecule has 0 radical (unpaired) electrons. The first-order valence-electron chi connectivity index (χ1n) is 8.54. The Hall–Kier alpha value is -2.30. The Labute approximate surface area is 158 Å². The smallest absolute Gasteiger partial charge is 0.336 e. The van der Waals surface area contributed by atoms with Crippen LogP contribution in [-0.2, 0) is 6.54 Å². The Kier molecular flexibility index (Phi) is 5.64. The number of nitrogens with zero attached hydrogens (tertiary/aromatic N) is 1. The highest BCUT2D eigenvalue weighted by Gasteiger charge is 2.11. The third-order valence-corrected chi connectivity index (χ3v) is 4.77. The van der Waals surface area contributed by atoms with E-state index >= 15 is 0 Å². The van der Waals surface area contributed by atoms with Gasteiger partial charge in [0.15, 0.2) is 0 Å². The zero-order valence-corrected chi connectivity index (χ0v) is 16.0. The molecule has 0 aliphatic carbocycles. The van der Waals surface area contributed by atoms with Crippen LogP contribution in [0.5, 0.6) is 5.75 Å². The number of ether oxygens (including phenoxy) is 1. The van der Waals surface area contributed by atoms with E-state index in [0.717, 1.165) is 34.4 Å². The van der Waals surface area contributed by atoms with Gasteiger partial charge in [-0.05, 0) is 61.9 Å². The molecule has 26 heavy (non-hydrogen) atoms. The number of fused-ring (bicyclic) bond motifs is 1. The van der Waals surface area contributed by atoms with E-state index in [4.69, 9.17) is 20.8 Å². The number of hydrogen-bond donors (Lipinski definition) is 0. The summed E-state index contributed by atoms with van der Waals surface area (Å²) in [7, 11) is 2.01. The fraction of sp³-hybridized carbons (Fsp3) is 0.286. The molecule has 5 heteroatoms. The van der Waals surface area contributed by atoms with Gasteiger partial charge in [0.2, 0.25) is 0 Å². The summed E-state index contributed by atoms with van der Waals surface area (Å²) in [6.45, 7) is 5.93. The van der Waals surface area contributed by atoms with Gasteiger partial charge in [-0.2, -0.15) is 0 Å². The van der Waals surface area contributed by atoms with Crippen molar-refractivity contribution in [3.63, 3.8) is 0 Å².